The first-order chi connectivity index (χ1) is 13.6. The molecule has 0 aliphatic heterocycles. The van der Waals surface area contributed by atoms with Gasteiger partial charge in [-0.1, -0.05) is 11.6 Å². The van der Waals surface area contributed by atoms with Crippen molar-refractivity contribution in [2.75, 3.05) is 5.32 Å². The summed E-state index contributed by atoms with van der Waals surface area (Å²) in [6, 6.07) is 10.9. The molecule has 3 heterocycles. The number of nitrogens with zero attached hydrogens (tertiary/aromatic N) is 3. The highest BCUT2D eigenvalue weighted by Crippen LogP contribution is 2.25. The average Bonchev–Trinajstić information content (AvgIpc) is 3.42. The predicted octanol–water partition coefficient (Wildman–Crippen LogP) is 5.09. The van der Waals surface area contributed by atoms with Crippen molar-refractivity contribution in [3.63, 3.8) is 0 Å². The lowest BCUT2D eigenvalue weighted by atomic mass is 10.3. The van der Waals surface area contributed by atoms with Gasteiger partial charge in [0.2, 0.25) is 0 Å². The van der Waals surface area contributed by atoms with Gasteiger partial charge in [0.15, 0.2) is 5.13 Å². The van der Waals surface area contributed by atoms with Gasteiger partial charge in [-0.2, -0.15) is 5.10 Å². The lowest BCUT2D eigenvalue weighted by Gasteiger charge is -2.04. The zero-order chi connectivity index (χ0) is 19.5. The number of aryl methyl sites for hydroxylation is 1. The van der Waals surface area contributed by atoms with Crippen LogP contribution in [0.3, 0.4) is 0 Å². The first-order valence-electron chi connectivity index (χ1n) is 8.29. The number of ether oxygens (including phenoxy) is 1. The van der Waals surface area contributed by atoms with Crippen molar-refractivity contribution in [2.45, 2.75) is 6.61 Å². The number of carbonyl (C=O) groups is 1. The second-order valence-corrected chi connectivity index (χ2v) is 8.10. The summed E-state index contributed by atoms with van der Waals surface area (Å²) >= 11 is 8.62. The third kappa shape index (κ3) is 4.24. The van der Waals surface area contributed by atoms with Gasteiger partial charge in [0, 0.05) is 29.2 Å². The Hall–Kier alpha value is -2.68. The molecule has 9 heteroatoms. The second kappa shape index (κ2) is 8.14. The van der Waals surface area contributed by atoms with Crippen LogP contribution in [0.15, 0.2) is 53.4 Å². The number of carbonyl (C=O) groups excluding carboxylic acids is 1. The molecule has 0 saturated carbocycles. The Kier molecular flexibility index (Phi) is 5.43. The molecule has 0 bridgehead atoms. The highest BCUT2D eigenvalue weighted by molar-refractivity contribution is 7.14. The fourth-order valence-corrected chi connectivity index (χ4v) is 4.12. The molecule has 0 unspecified atom stereocenters. The summed E-state index contributed by atoms with van der Waals surface area (Å²) in [6.07, 6.45) is 1.71. The number of hydrogen-bond acceptors (Lipinski definition) is 6. The van der Waals surface area contributed by atoms with E-state index in [0.29, 0.717) is 21.6 Å². The summed E-state index contributed by atoms with van der Waals surface area (Å²) in [7, 11) is 1.85. The fourth-order valence-electron chi connectivity index (χ4n) is 2.50. The number of hydrogen-bond donors (Lipinski definition) is 1. The predicted molar refractivity (Wildman–Crippen MR) is 112 cm³/mol. The Labute approximate surface area is 174 Å². The van der Waals surface area contributed by atoms with Crippen LogP contribution in [0.1, 0.15) is 15.2 Å². The minimum absolute atomic E-state index is 0.186. The van der Waals surface area contributed by atoms with Crippen LogP contribution in [-0.2, 0) is 13.7 Å². The van der Waals surface area contributed by atoms with Gasteiger partial charge in [-0.25, -0.2) is 4.98 Å². The van der Waals surface area contributed by atoms with Gasteiger partial charge in [0.05, 0.1) is 10.6 Å². The number of halogens is 1. The SMILES string of the molecule is Cn1nccc1-c1csc(NC(=O)c2cc(COc3ccc(Cl)cc3)cs2)n1. The molecule has 6 nitrogen and oxygen atoms in total. The standard InChI is InChI=1S/C19H15ClN4O2S2/c1-24-16(6-7-21-24)15-11-28-19(22-15)23-18(25)17-8-12(10-27-17)9-26-14-4-2-13(20)3-5-14/h2-8,10-11H,9H2,1H3,(H,22,23,25). The number of rotatable bonds is 6. The van der Waals surface area contributed by atoms with E-state index in [1.54, 1.807) is 23.0 Å². The maximum atomic E-state index is 12.5. The molecule has 0 aliphatic carbocycles. The summed E-state index contributed by atoms with van der Waals surface area (Å²) in [5, 5.41) is 12.0. The van der Waals surface area contributed by atoms with E-state index in [0.717, 1.165) is 22.7 Å². The van der Waals surface area contributed by atoms with Crippen LogP contribution < -0.4 is 10.1 Å². The van der Waals surface area contributed by atoms with Gasteiger partial charge in [-0.15, -0.1) is 22.7 Å². The maximum absolute atomic E-state index is 12.5. The molecule has 142 valence electrons. The molecule has 3 aromatic heterocycles. The van der Waals surface area contributed by atoms with Crippen LogP contribution in [0.5, 0.6) is 5.75 Å². The minimum Gasteiger partial charge on any atom is -0.489 e. The zero-order valence-corrected chi connectivity index (χ0v) is 17.1. The van der Waals surface area contributed by atoms with E-state index in [-0.39, 0.29) is 5.91 Å². The van der Waals surface area contributed by atoms with E-state index in [4.69, 9.17) is 16.3 Å². The van der Waals surface area contributed by atoms with Crippen molar-refractivity contribution < 1.29 is 9.53 Å². The molecule has 28 heavy (non-hydrogen) atoms. The first kappa shape index (κ1) is 18.7. The van der Waals surface area contributed by atoms with E-state index in [1.165, 1.54) is 22.7 Å². The topological polar surface area (TPSA) is 69.0 Å². The van der Waals surface area contributed by atoms with Crippen LogP contribution in [0.4, 0.5) is 5.13 Å². The van der Waals surface area contributed by atoms with Gasteiger partial charge in [0.25, 0.3) is 5.91 Å². The van der Waals surface area contributed by atoms with Crippen LogP contribution in [0.2, 0.25) is 5.02 Å². The molecule has 4 rings (SSSR count). The summed E-state index contributed by atoms with van der Waals surface area (Å²) in [5.74, 6) is 0.542. The van der Waals surface area contributed by atoms with E-state index in [2.05, 4.69) is 15.4 Å². The summed E-state index contributed by atoms with van der Waals surface area (Å²) in [4.78, 5) is 17.6. The first-order valence-corrected chi connectivity index (χ1v) is 10.4. The Morgan fingerprint density at radius 2 is 2.04 bits per heavy atom. The number of nitrogens with one attached hydrogen (secondary N) is 1. The van der Waals surface area contributed by atoms with E-state index in [1.807, 2.05) is 42.1 Å². The van der Waals surface area contributed by atoms with Gasteiger partial charge in [0.1, 0.15) is 18.1 Å². The molecule has 0 fully saturated rings. The monoisotopic (exact) mass is 430 g/mol. The second-order valence-electron chi connectivity index (χ2n) is 5.89. The number of anilines is 1. The van der Waals surface area contributed by atoms with Crippen LogP contribution in [0, 0.1) is 0 Å². The van der Waals surface area contributed by atoms with Gasteiger partial charge in [-0.05, 0) is 41.8 Å². The Morgan fingerprint density at radius 1 is 1.21 bits per heavy atom. The molecule has 0 aliphatic rings. The summed E-state index contributed by atoms with van der Waals surface area (Å²) < 4.78 is 7.46. The zero-order valence-electron chi connectivity index (χ0n) is 14.8. The largest absolute Gasteiger partial charge is 0.489 e. The van der Waals surface area contributed by atoms with Crippen molar-refractivity contribution in [1.82, 2.24) is 14.8 Å². The van der Waals surface area contributed by atoms with E-state index < -0.39 is 0 Å². The Morgan fingerprint density at radius 3 is 2.79 bits per heavy atom. The maximum Gasteiger partial charge on any atom is 0.267 e. The van der Waals surface area contributed by atoms with E-state index >= 15 is 0 Å². The molecule has 1 N–H and O–H groups in total. The molecular weight excluding hydrogens is 416 g/mol. The lowest BCUT2D eigenvalue weighted by molar-refractivity contribution is 0.103. The van der Waals surface area contributed by atoms with Crippen molar-refractivity contribution in [3.05, 3.63) is 68.8 Å². The fraction of sp³-hybridized carbons (Fsp3) is 0.105. The van der Waals surface area contributed by atoms with Crippen molar-refractivity contribution >= 4 is 45.3 Å². The van der Waals surface area contributed by atoms with Crippen molar-refractivity contribution in [1.29, 1.82) is 0 Å². The smallest absolute Gasteiger partial charge is 0.267 e. The minimum atomic E-state index is -0.186. The lowest BCUT2D eigenvalue weighted by Crippen LogP contribution is -2.10. The van der Waals surface area contributed by atoms with Crippen LogP contribution in [-0.4, -0.2) is 20.7 Å². The third-order valence-electron chi connectivity index (χ3n) is 3.90. The van der Waals surface area contributed by atoms with Crippen LogP contribution >= 0.6 is 34.3 Å². The number of benzene rings is 1. The highest BCUT2D eigenvalue weighted by atomic mass is 35.5. The normalized spacial score (nSPS) is 10.8. The molecule has 0 spiro atoms. The number of aromatic nitrogens is 3. The van der Waals surface area contributed by atoms with Gasteiger partial charge in [-0.3, -0.25) is 14.8 Å². The number of thiophene rings is 1. The molecule has 0 saturated heterocycles. The van der Waals surface area contributed by atoms with E-state index in [9.17, 15) is 4.79 Å². The average molecular weight is 431 g/mol. The third-order valence-corrected chi connectivity index (χ3v) is 5.89. The van der Waals surface area contributed by atoms with Gasteiger partial charge >= 0.3 is 0 Å². The molecule has 1 amide bonds. The molecule has 0 radical (unpaired) electrons. The van der Waals surface area contributed by atoms with Crippen molar-refractivity contribution in [3.8, 4) is 17.1 Å². The summed E-state index contributed by atoms with van der Waals surface area (Å²) in [5.41, 5.74) is 2.61. The Balaban J connectivity index is 1.37. The Bertz CT molecular complexity index is 1100. The molecule has 4 aromatic rings. The van der Waals surface area contributed by atoms with Crippen molar-refractivity contribution in [2.24, 2.45) is 7.05 Å². The molecule has 1 aromatic carbocycles. The molecular formula is C19H15ClN4O2S2. The van der Waals surface area contributed by atoms with Gasteiger partial charge < -0.3 is 4.74 Å². The number of thiazole rings is 1. The highest BCUT2D eigenvalue weighted by Gasteiger charge is 2.13. The number of amides is 1. The molecule has 0 atom stereocenters. The quantitative estimate of drug-likeness (QED) is 0.462. The van der Waals surface area contributed by atoms with Crippen LogP contribution in [0.25, 0.3) is 11.4 Å². The summed E-state index contributed by atoms with van der Waals surface area (Å²) in [6.45, 7) is 0.382.